The Morgan fingerprint density at radius 2 is 1.86 bits per heavy atom. The lowest BCUT2D eigenvalue weighted by Crippen LogP contribution is -2.50. The quantitative estimate of drug-likeness (QED) is 0.734. The molecule has 1 aliphatic rings. The highest BCUT2D eigenvalue weighted by Gasteiger charge is 2.31. The molecule has 28 heavy (non-hydrogen) atoms. The zero-order valence-electron chi connectivity index (χ0n) is 15.8. The Bertz CT molecular complexity index is 965. The van der Waals surface area contributed by atoms with Gasteiger partial charge in [0.25, 0.3) is 0 Å². The molecule has 152 valence electrons. The van der Waals surface area contributed by atoms with Gasteiger partial charge in [-0.2, -0.15) is 13.1 Å². The Hall–Kier alpha value is -2.11. The molecule has 11 heteroatoms. The van der Waals surface area contributed by atoms with Crippen LogP contribution in [0.1, 0.15) is 26.7 Å². The fourth-order valence-electron chi connectivity index (χ4n) is 3.08. The molecule has 0 atom stereocenters. The Morgan fingerprint density at radius 3 is 2.54 bits per heavy atom. The first kappa shape index (κ1) is 20.6. The van der Waals surface area contributed by atoms with E-state index in [2.05, 4.69) is 14.1 Å². The second-order valence-corrected chi connectivity index (χ2v) is 9.33. The zero-order valence-corrected chi connectivity index (χ0v) is 17.4. The topological polar surface area (TPSA) is 113 Å². The number of carbonyl (C=O) groups is 2. The summed E-state index contributed by atoms with van der Waals surface area (Å²) in [5, 5.41) is 2.75. The summed E-state index contributed by atoms with van der Waals surface area (Å²) in [6.45, 7) is 4.74. The first-order valence-electron chi connectivity index (χ1n) is 9.07. The molecular weight excluding hydrogens is 402 g/mol. The van der Waals surface area contributed by atoms with Crippen LogP contribution in [0.2, 0.25) is 0 Å². The summed E-state index contributed by atoms with van der Waals surface area (Å²) in [5.41, 5.74) is 0.932. The van der Waals surface area contributed by atoms with E-state index in [0.717, 1.165) is 11.7 Å². The van der Waals surface area contributed by atoms with Crippen LogP contribution in [0, 0.1) is 0 Å². The summed E-state index contributed by atoms with van der Waals surface area (Å²) < 4.78 is 35.6. The lowest BCUT2D eigenvalue weighted by atomic mass is 10.2. The predicted octanol–water partition coefficient (Wildman–Crippen LogP) is 0.829. The van der Waals surface area contributed by atoms with E-state index in [-0.39, 0.29) is 48.7 Å². The first-order chi connectivity index (χ1) is 13.3. The highest BCUT2D eigenvalue weighted by molar-refractivity contribution is 7.89. The molecule has 3 rings (SSSR count). The third kappa shape index (κ3) is 4.47. The van der Waals surface area contributed by atoms with Crippen molar-refractivity contribution >= 4 is 44.6 Å². The molecule has 1 saturated heterocycles. The van der Waals surface area contributed by atoms with E-state index in [1.54, 1.807) is 17.0 Å². The van der Waals surface area contributed by atoms with Crippen molar-refractivity contribution in [2.45, 2.75) is 37.6 Å². The van der Waals surface area contributed by atoms with E-state index in [1.165, 1.54) is 10.4 Å². The number of hydrogen-bond acceptors (Lipinski definition) is 7. The van der Waals surface area contributed by atoms with Gasteiger partial charge in [-0.1, -0.05) is 6.07 Å². The first-order valence-corrected chi connectivity index (χ1v) is 11.2. The molecule has 2 heterocycles. The average molecular weight is 426 g/mol. The number of carbonyl (C=O) groups excluding carboxylic acids is 2. The summed E-state index contributed by atoms with van der Waals surface area (Å²) >= 11 is 0.977. The van der Waals surface area contributed by atoms with Gasteiger partial charge in [0.05, 0.1) is 11.7 Å². The Morgan fingerprint density at radius 1 is 1.14 bits per heavy atom. The van der Waals surface area contributed by atoms with Crippen molar-refractivity contribution in [3.05, 3.63) is 18.2 Å². The van der Waals surface area contributed by atoms with Gasteiger partial charge in [0, 0.05) is 45.1 Å². The number of hydrogen-bond donors (Lipinski definition) is 1. The number of amides is 2. The molecule has 0 unspecified atom stereocenters. The van der Waals surface area contributed by atoms with Gasteiger partial charge in [-0.25, -0.2) is 8.42 Å². The van der Waals surface area contributed by atoms with Crippen LogP contribution in [0.5, 0.6) is 0 Å². The highest BCUT2D eigenvalue weighted by atomic mass is 32.2. The van der Waals surface area contributed by atoms with Gasteiger partial charge in [0.2, 0.25) is 21.8 Å². The monoisotopic (exact) mass is 425 g/mol. The number of nitrogens with zero attached hydrogens (tertiary/aromatic N) is 4. The van der Waals surface area contributed by atoms with Crippen LogP contribution in [0.25, 0.3) is 11.0 Å². The van der Waals surface area contributed by atoms with Gasteiger partial charge in [-0.3, -0.25) is 9.59 Å². The third-order valence-electron chi connectivity index (χ3n) is 4.47. The zero-order chi connectivity index (χ0) is 20.3. The van der Waals surface area contributed by atoms with Crippen molar-refractivity contribution < 1.29 is 18.0 Å². The number of piperazine rings is 1. The molecule has 1 aliphatic heterocycles. The summed E-state index contributed by atoms with van der Waals surface area (Å²) in [6, 6.07) is 4.95. The predicted molar refractivity (Wildman–Crippen MR) is 105 cm³/mol. The normalized spacial score (nSPS) is 15.9. The van der Waals surface area contributed by atoms with Crippen LogP contribution in [0.3, 0.4) is 0 Å². The molecule has 1 N–H and O–H groups in total. The minimum atomic E-state index is -3.71. The fourth-order valence-corrected chi connectivity index (χ4v) is 5.25. The Kier molecular flexibility index (Phi) is 6.26. The summed E-state index contributed by atoms with van der Waals surface area (Å²) in [5.74, 6) is -0.295. The molecule has 0 bridgehead atoms. The molecule has 0 spiro atoms. The van der Waals surface area contributed by atoms with Crippen molar-refractivity contribution in [2.75, 3.05) is 26.2 Å². The summed E-state index contributed by atoms with van der Waals surface area (Å²) in [7, 11) is -3.71. The maximum atomic E-state index is 13.0. The summed E-state index contributed by atoms with van der Waals surface area (Å²) in [4.78, 5) is 25.8. The molecule has 0 aliphatic carbocycles. The largest absolute Gasteiger partial charge is 0.354 e. The van der Waals surface area contributed by atoms with Crippen LogP contribution in [-0.4, -0.2) is 70.4 Å². The van der Waals surface area contributed by atoms with E-state index >= 15 is 0 Å². The molecule has 2 aromatic rings. The summed E-state index contributed by atoms with van der Waals surface area (Å²) in [6.07, 6.45) is 0.253. The number of rotatable bonds is 6. The lowest BCUT2D eigenvalue weighted by molar-refractivity contribution is -0.134. The van der Waals surface area contributed by atoms with Crippen LogP contribution in [0.15, 0.2) is 23.1 Å². The maximum Gasteiger partial charge on any atom is 0.245 e. The van der Waals surface area contributed by atoms with Crippen molar-refractivity contribution in [1.29, 1.82) is 0 Å². The smallest absolute Gasteiger partial charge is 0.245 e. The van der Waals surface area contributed by atoms with E-state index in [9.17, 15) is 18.0 Å². The third-order valence-corrected chi connectivity index (χ3v) is 6.95. The molecule has 0 radical (unpaired) electrons. The van der Waals surface area contributed by atoms with E-state index in [0.29, 0.717) is 24.1 Å². The molecule has 1 aromatic heterocycles. The Labute approximate surface area is 168 Å². The van der Waals surface area contributed by atoms with Gasteiger partial charge < -0.3 is 10.2 Å². The van der Waals surface area contributed by atoms with Crippen molar-refractivity contribution in [1.82, 2.24) is 23.3 Å². The maximum absolute atomic E-state index is 13.0. The van der Waals surface area contributed by atoms with E-state index in [4.69, 9.17) is 0 Å². The van der Waals surface area contributed by atoms with Gasteiger partial charge in [0.1, 0.15) is 15.9 Å². The molecular formula is C17H23N5O4S2. The van der Waals surface area contributed by atoms with Gasteiger partial charge in [0.15, 0.2) is 0 Å². The van der Waals surface area contributed by atoms with Crippen molar-refractivity contribution in [3.63, 3.8) is 0 Å². The lowest BCUT2D eigenvalue weighted by Gasteiger charge is -2.34. The number of aromatic nitrogens is 2. The van der Waals surface area contributed by atoms with Gasteiger partial charge >= 0.3 is 0 Å². The van der Waals surface area contributed by atoms with Crippen LogP contribution < -0.4 is 5.32 Å². The second-order valence-electron chi connectivity index (χ2n) is 6.90. The van der Waals surface area contributed by atoms with Crippen LogP contribution in [0.4, 0.5) is 0 Å². The number of nitrogens with one attached hydrogen (secondary N) is 1. The van der Waals surface area contributed by atoms with E-state index < -0.39 is 10.0 Å². The van der Waals surface area contributed by atoms with Crippen molar-refractivity contribution in [2.24, 2.45) is 0 Å². The van der Waals surface area contributed by atoms with Crippen molar-refractivity contribution in [3.8, 4) is 0 Å². The van der Waals surface area contributed by atoms with E-state index in [1.807, 2.05) is 13.8 Å². The van der Waals surface area contributed by atoms with Crippen LogP contribution >= 0.6 is 11.7 Å². The highest BCUT2D eigenvalue weighted by Crippen LogP contribution is 2.25. The second kappa shape index (κ2) is 8.50. The molecule has 0 saturated carbocycles. The average Bonchev–Trinajstić information content (AvgIpc) is 3.14. The van der Waals surface area contributed by atoms with Gasteiger partial charge in [-0.15, -0.1) is 0 Å². The van der Waals surface area contributed by atoms with Gasteiger partial charge in [-0.05, 0) is 26.0 Å². The minimum Gasteiger partial charge on any atom is -0.354 e. The standard InChI is InChI=1S/C17H23N5O4S2/c1-12(2)18-15(23)6-7-16(24)21-8-10-22(11-9-21)28(25,26)14-5-3-4-13-17(14)20-27-19-13/h3-5,12H,6-11H2,1-2H3,(H,18,23). The molecule has 1 aromatic carbocycles. The Balaban J connectivity index is 1.59. The molecule has 2 amide bonds. The SMILES string of the molecule is CC(C)NC(=O)CCC(=O)N1CCN(S(=O)(=O)c2cccc3nsnc23)CC1. The number of sulfonamides is 1. The molecule has 1 fully saturated rings. The minimum absolute atomic E-state index is 0.0359. The number of fused-ring (bicyclic) bond motifs is 1. The van der Waals surface area contributed by atoms with Crippen LogP contribution in [-0.2, 0) is 19.6 Å². The number of benzene rings is 1. The fraction of sp³-hybridized carbons (Fsp3) is 0.529. The molecule has 9 nitrogen and oxygen atoms in total.